The van der Waals surface area contributed by atoms with Crippen molar-refractivity contribution in [2.24, 2.45) is 0 Å². The highest BCUT2D eigenvalue weighted by Gasteiger charge is 2.16. The van der Waals surface area contributed by atoms with Crippen LogP contribution in [0.3, 0.4) is 0 Å². The molecule has 7 heteroatoms. The van der Waals surface area contributed by atoms with Crippen molar-refractivity contribution < 1.29 is 24.1 Å². The summed E-state index contributed by atoms with van der Waals surface area (Å²) in [5, 5.41) is 14.9. The SMILES string of the molecule is CCOc1cc(CNc2ccc(N3CCOCC3)c(C(=O)[O-])c2)ccc1OC. The Kier molecular flexibility index (Phi) is 6.60. The largest absolute Gasteiger partial charge is 0.545 e. The van der Waals surface area contributed by atoms with Gasteiger partial charge in [0.2, 0.25) is 0 Å². The van der Waals surface area contributed by atoms with E-state index in [2.05, 4.69) is 5.32 Å². The molecule has 2 aromatic rings. The number of carbonyl (C=O) groups excluding carboxylic acids is 1. The second-order valence-electron chi connectivity index (χ2n) is 6.39. The first-order chi connectivity index (χ1) is 13.6. The molecule has 0 radical (unpaired) electrons. The number of morpholine rings is 1. The number of hydrogen-bond donors (Lipinski definition) is 1. The zero-order valence-corrected chi connectivity index (χ0v) is 16.2. The van der Waals surface area contributed by atoms with Crippen LogP contribution in [0.25, 0.3) is 0 Å². The Labute approximate surface area is 164 Å². The van der Waals surface area contributed by atoms with Gasteiger partial charge in [0.1, 0.15) is 0 Å². The molecule has 1 N–H and O–H groups in total. The quantitative estimate of drug-likeness (QED) is 0.743. The third-order valence-corrected chi connectivity index (χ3v) is 4.59. The van der Waals surface area contributed by atoms with Crippen LogP contribution in [0.15, 0.2) is 36.4 Å². The summed E-state index contributed by atoms with van der Waals surface area (Å²) in [5.41, 5.74) is 2.55. The molecule has 2 aromatic carbocycles. The van der Waals surface area contributed by atoms with Gasteiger partial charge in [0.25, 0.3) is 0 Å². The predicted octanol–water partition coefficient (Wildman–Crippen LogP) is 1.91. The molecule has 0 saturated carbocycles. The van der Waals surface area contributed by atoms with Crippen molar-refractivity contribution in [1.82, 2.24) is 0 Å². The Morgan fingerprint density at radius 1 is 1.18 bits per heavy atom. The molecule has 28 heavy (non-hydrogen) atoms. The van der Waals surface area contributed by atoms with Crippen molar-refractivity contribution in [1.29, 1.82) is 0 Å². The smallest absolute Gasteiger partial charge is 0.161 e. The standard InChI is InChI=1S/C21H26N2O5/c1-3-28-20-12-15(4-7-19(20)26-2)14-22-16-5-6-18(17(13-16)21(24)25)23-8-10-27-11-9-23/h4-7,12-13,22H,3,8-11,14H2,1-2H3,(H,24,25)/p-1. The molecule has 7 nitrogen and oxygen atoms in total. The second kappa shape index (κ2) is 9.32. The molecule has 3 rings (SSSR count). The Bertz CT molecular complexity index is 818. The van der Waals surface area contributed by atoms with Gasteiger partial charge in [-0.2, -0.15) is 0 Å². The lowest BCUT2D eigenvalue weighted by molar-refractivity contribution is -0.254. The van der Waals surface area contributed by atoms with E-state index in [1.807, 2.05) is 42.2 Å². The molecule has 0 spiro atoms. The highest BCUT2D eigenvalue weighted by molar-refractivity contribution is 5.94. The summed E-state index contributed by atoms with van der Waals surface area (Å²) < 4.78 is 16.2. The molecule has 1 heterocycles. The zero-order valence-electron chi connectivity index (χ0n) is 16.2. The average molecular weight is 385 g/mol. The number of carboxylic acids is 1. The summed E-state index contributed by atoms with van der Waals surface area (Å²) in [6.07, 6.45) is 0. The van der Waals surface area contributed by atoms with Crippen LogP contribution in [0.2, 0.25) is 0 Å². The number of carboxylic acid groups (broad SMARTS) is 1. The van der Waals surface area contributed by atoms with Crippen molar-refractivity contribution in [2.45, 2.75) is 13.5 Å². The normalized spacial score (nSPS) is 13.9. The van der Waals surface area contributed by atoms with E-state index in [-0.39, 0.29) is 5.56 Å². The maximum atomic E-state index is 11.7. The molecule has 0 unspecified atom stereocenters. The van der Waals surface area contributed by atoms with Gasteiger partial charge in [-0.05, 0) is 42.8 Å². The van der Waals surface area contributed by atoms with Gasteiger partial charge in [0, 0.05) is 36.6 Å². The lowest BCUT2D eigenvalue weighted by Gasteiger charge is -2.31. The first kappa shape index (κ1) is 19.8. The van der Waals surface area contributed by atoms with Crippen molar-refractivity contribution >= 4 is 17.3 Å². The summed E-state index contributed by atoms with van der Waals surface area (Å²) in [6, 6.07) is 11.0. The summed E-state index contributed by atoms with van der Waals surface area (Å²) in [4.78, 5) is 13.7. The average Bonchev–Trinajstić information content (AvgIpc) is 2.73. The molecule has 1 saturated heterocycles. The van der Waals surface area contributed by atoms with E-state index in [4.69, 9.17) is 14.2 Å². The monoisotopic (exact) mass is 385 g/mol. The number of aromatic carboxylic acids is 1. The van der Waals surface area contributed by atoms with E-state index in [1.165, 1.54) is 0 Å². The number of methoxy groups -OCH3 is 1. The minimum absolute atomic E-state index is 0.177. The fourth-order valence-electron chi connectivity index (χ4n) is 3.19. The van der Waals surface area contributed by atoms with Crippen LogP contribution < -0.4 is 24.8 Å². The minimum Gasteiger partial charge on any atom is -0.545 e. The van der Waals surface area contributed by atoms with Crippen LogP contribution in [0.1, 0.15) is 22.8 Å². The maximum absolute atomic E-state index is 11.7. The van der Waals surface area contributed by atoms with Crippen LogP contribution in [0.5, 0.6) is 11.5 Å². The van der Waals surface area contributed by atoms with Crippen molar-refractivity contribution in [3.8, 4) is 11.5 Å². The molecule has 1 aliphatic rings. The topological polar surface area (TPSA) is 83.1 Å². The third kappa shape index (κ3) is 4.67. The number of ether oxygens (including phenoxy) is 3. The Hall–Kier alpha value is -2.93. The summed E-state index contributed by atoms with van der Waals surface area (Å²) in [7, 11) is 1.60. The van der Waals surface area contributed by atoms with Gasteiger partial charge >= 0.3 is 0 Å². The van der Waals surface area contributed by atoms with Gasteiger partial charge in [0.05, 0.1) is 32.9 Å². The molecule has 1 fully saturated rings. The number of hydrogen-bond acceptors (Lipinski definition) is 7. The van der Waals surface area contributed by atoms with Crippen LogP contribution in [-0.4, -0.2) is 46.0 Å². The van der Waals surface area contributed by atoms with Gasteiger partial charge in [-0.3, -0.25) is 0 Å². The maximum Gasteiger partial charge on any atom is 0.161 e. The first-order valence-corrected chi connectivity index (χ1v) is 9.34. The fraction of sp³-hybridized carbons (Fsp3) is 0.381. The van der Waals surface area contributed by atoms with Crippen molar-refractivity contribution in [2.75, 3.05) is 50.2 Å². The van der Waals surface area contributed by atoms with Crippen molar-refractivity contribution in [3.05, 3.63) is 47.5 Å². The van der Waals surface area contributed by atoms with Crippen LogP contribution in [0, 0.1) is 0 Å². The van der Waals surface area contributed by atoms with Gasteiger partial charge in [-0.25, -0.2) is 0 Å². The number of benzene rings is 2. The predicted molar refractivity (Wildman–Crippen MR) is 105 cm³/mol. The molecule has 0 aliphatic carbocycles. The van der Waals surface area contributed by atoms with Gasteiger partial charge < -0.3 is 34.3 Å². The number of nitrogens with zero attached hydrogens (tertiary/aromatic N) is 1. The minimum atomic E-state index is -1.19. The molecular weight excluding hydrogens is 360 g/mol. The van der Waals surface area contributed by atoms with E-state index >= 15 is 0 Å². The highest BCUT2D eigenvalue weighted by Crippen LogP contribution is 2.29. The van der Waals surface area contributed by atoms with E-state index in [1.54, 1.807) is 13.2 Å². The lowest BCUT2D eigenvalue weighted by Crippen LogP contribution is -2.38. The summed E-state index contributed by atoms with van der Waals surface area (Å²) in [5.74, 6) is 0.176. The van der Waals surface area contributed by atoms with E-state index in [0.29, 0.717) is 62.3 Å². The van der Waals surface area contributed by atoms with E-state index < -0.39 is 5.97 Å². The van der Waals surface area contributed by atoms with Crippen LogP contribution >= 0.6 is 0 Å². The summed E-state index contributed by atoms with van der Waals surface area (Å²) in [6.45, 7) is 5.50. The Morgan fingerprint density at radius 3 is 2.64 bits per heavy atom. The van der Waals surface area contributed by atoms with Gasteiger partial charge in [0.15, 0.2) is 11.5 Å². The molecular formula is C21H25N2O5-. The molecule has 1 aliphatic heterocycles. The van der Waals surface area contributed by atoms with Crippen molar-refractivity contribution in [3.63, 3.8) is 0 Å². The lowest BCUT2D eigenvalue weighted by atomic mass is 10.1. The van der Waals surface area contributed by atoms with Crippen LogP contribution in [0.4, 0.5) is 11.4 Å². The molecule has 0 atom stereocenters. The van der Waals surface area contributed by atoms with Gasteiger partial charge in [-0.15, -0.1) is 0 Å². The Morgan fingerprint density at radius 2 is 1.96 bits per heavy atom. The molecule has 0 aromatic heterocycles. The molecule has 0 amide bonds. The Balaban J connectivity index is 1.75. The number of nitrogens with one attached hydrogen (secondary N) is 1. The third-order valence-electron chi connectivity index (χ3n) is 4.59. The van der Waals surface area contributed by atoms with E-state index in [0.717, 1.165) is 5.56 Å². The number of carbonyl (C=O) groups is 1. The second-order valence-corrected chi connectivity index (χ2v) is 6.39. The zero-order chi connectivity index (χ0) is 19.9. The highest BCUT2D eigenvalue weighted by atomic mass is 16.5. The molecule has 150 valence electrons. The summed E-state index contributed by atoms with van der Waals surface area (Å²) >= 11 is 0. The fourth-order valence-corrected chi connectivity index (χ4v) is 3.19. The number of anilines is 2. The first-order valence-electron chi connectivity index (χ1n) is 9.34. The molecule has 0 bridgehead atoms. The van der Waals surface area contributed by atoms with Crippen LogP contribution in [-0.2, 0) is 11.3 Å². The number of rotatable bonds is 8. The van der Waals surface area contributed by atoms with E-state index in [9.17, 15) is 9.90 Å². The van der Waals surface area contributed by atoms with Gasteiger partial charge in [-0.1, -0.05) is 6.07 Å².